The second-order valence-corrected chi connectivity index (χ2v) is 7.10. The molecule has 0 saturated carbocycles. The maximum atomic E-state index is 12.3. The highest BCUT2D eigenvalue weighted by molar-refractivity contribution is 7.80. The van der Waals surface area contributed by atoms with Crippen molar-refractivity contribution in [3.8, 4) is 0 Å². The van der Waals surface area contributed by atoms with Gasteiger partial charge in [-0.3, -0.25) is 10.0 Å². The number of anilines is 3. The topological polar surface area (TPSA) is 121 Å². The van der Waals surface area contributed by atoms with Crippen LogP contribution in [0.2, 0.25) is 0 Å². The lowest BCUT2D eigenvalue weighted by atomic mass is 10.2. The zero-order chi connectivity index (χ0) is 20.1. The summed E-state index contributed by atoms with van der Waals surface area (Å²) < 4.78 is 0. The number of urea groups is 1. The van der Waals surface area contributed by atoms with Crippen molar-refractivity contribution < 1.29 is 14.8 Å². The summed E-state index contributed by atoms with van der Waals surface area (Å²) in [5, 5.41) is 17.6. The molecule has 0 aliphatic rings. The molecule has 0 aliphatic carbocycles. The second kappa shape index (κ2) is 8.74. The van der Waals surface area contributed by atoms with Crippen molar-refractivity contribution in [3.63, 3.8) is 0 Å². The minimum Gasteiger partial charge on any atom is -0.397 e. The van der Waals surface area contributed by atoms with Gasteiger partial charge in [-0.15, -0.1) is 24.0 Å². The number of carbonyl (C=O) groups is 2. The van der Waals surface area contributed by atoms with Gasteiger partial charge in [-0.05, 0) is 24.3 Å². The lowest BCUT2D eigenvalue weighted by Crippen LogP contribution is -2.31. The summed E-state index contributed by atoms with van der Waals surface area (Å²) in [6, 6.07) is 13.0. The molecule has 0 aliphatic heterocycles. The first-order valence-corrected chi connectivity index (χ1v) is 9.42. The van der Waals surface area contributed by atoms with Gasteiger partial charge in [-0.1, -0.05) is 24.3 Å². The van der Waals surface area contributed by atoms with Crippen LogP contribution in [0.5, 0.6) is 0 Å². The van der Waals surface area contributed by atoms with Crippen molar-refractivity contribution in [1.29, 1.82) is 0 Å². The van der Waals surface area contributed by atoms with Crippen LogP contribution in [0.25, 0.3) is 0 Å². The van der Waals surface area contributed by atoms with Crippen LogP contribution < -0.4 is 16.4 Å². The van der Waals surface area contributed by atoms with E-state index in [2.05, 4.69) is 28.2 Å². The van der Waals surface area contributed by atoms with Gasteiger partial charge in [-0.25, -0.2) is 9.78 Å². The summed E-state index contributed by atoms with van der Waals surface area (Å²) in [4.78, 5) is 29.1. The van der Waals surface area contributed by atoms with Gasteiger partial charge in [-0.2, -0.15) is 5.06 Å². The molecule has 5 N–H and O–H groups in total. The van der Waals surface area contributed by atoms with Gasteiger partial charge >= 0.3 is 6.03 Å². The predicted octanol–water partition coefficient (Wildman–Crippen LogP) is 3.69. The van der Waals surface area contributed by atoms with Crippen LogP contribution in [0.3, 0.4) is 0 Å². The number of aromatic nitrogens is 1. The number of carbonyl (C=O) groups excluding carboxylic acids is 2. The van der Waals surface area contributed by atoms with E-state index in [0.717, 1.165) is 11.3 Å². The maximum absolute atomic E-state index is 12.3. The molecule has 10 heteroatoms. The Morgan fingerprint density at radius 2 is 1.79 bits per heavy atom. The standard InChI is InChI=1S/C18H17N5O3S2/c19-11-5-1-2-6-12(11)21-17(24)14-10-28-16(20-14)9-23(26)18(25)22-13-7-3-4-8-15(13)27/h1-8,10,26-27H,9,19H2,(H,21,24)(H,22,25). The van der Waals surface area contributed by atoms with Gasteiger partial charge in [0.2, 0.25) is 0 Å². The Balaban J connectivity index is 1.60. The van der Waals surface area contributed by atoms with Crippen molar-refractivity contribution in [1.82, 2.24) is 10.0 Å². The first-order valence-electron chi connectivity index (χ1n) is 8.09. The monoisotopic (exact) mass is 415 g/mol. The van der Waals surface area contributed by atoms with Gasteiger partial charge in [0.1, 0.15) is 17.2 Å². The zero-order valence-corrected chi connectivity index (χ0v) is 16.2. The average molecular weight is 416 g/mol. The van der Waals surface area contributed by atoms with Gasteiger partial charge in [0, 0.05) is 10.3 Å². The molecular formula is C18H17N5O3S2. The molecule has 3 rings (SSSR count). The maximum Gasteiger partial charge on any atom is 0.346 e. The second-order valence-electron chi connectivity index (χ2n) is 5.67. The Labute approximate surface area is 170 Å². The molecule has 1 heterocycles. The van der Waals surface area contributed by atoms with E-state index in [0.29, 0.717) is 32.0 Å². The number of para-hydroxylation sites is 3. The SMILES string of the molecule is Nc1ccccc1NC(=O)c1csc(CN(O)C(=O)Nc2ccccc2S)n1. The van der Waals surface area contributed by atoms with Crippen molar-refractivity contribution >= 4 is 53.0 Å². The fraction of sp³-hybridized carbons (Fsp3) is 0.0556. The number of nitrogen functional groups attached to an aromatic ring is 1. The van der Waals surface area contributed by atoms with Crippen molar-refractivity contribution in [3.05, 3.63) is 64.6 Å². The molecular weight excluding hydrogens is 398 g/mol. The molecule has 0 bridgehead atoms. The predicted molar refractivity (Wildman–Crippen MR) is 111 cm³/mol. The highest BCUT2D eigenvalue weighted by Crippen LogP contribution is 2.21. The number of thiazole rings is 1. The Kier molecular flexibility index (Phi) is 6.14. The smallest absolute Gasteiger partial charge is 0.346 e. The average Bonchev–Trinajstić information content (AvgIpc) is 3.14. The number of nitrogens with one attached hydrogen (secondary N) is 2. The van der Waals surface area contributed by atoms with Crippen LogP contribution in [0, 0.1) is 0 Å². The van der Waals surface area contributed by atoms with Crippen molar-refractivity contribution in [2.24, 2.45) is 0 Å². The van der Waals surface area contributed by atoms with Crippen LogP contribution in [0.15, 0.2) is 58.8 Å². The third kappa shape index (κ3) is 4.80. The number of thiol groups is 1. The highest BCUT2D eigenvalue weighted by Gasteiger charge is 2.17. The van der Waals surface area contributed by atoms with E-state index in [1.54, 1.807) is 53.9 Å². The van der Waals surface area contributed by atoms with Crippen molar-refractivity contribution in [2.45, 2.75) is 11.4 Å². The molecule has 8 nitrogen and oxygen atoms in total. The Bertz CT molecular complexity index is 1010. The van der Waals surface area contributed by atoms with Crippen LogP contribution in [-0.2, 0) is 6.54 Å². The molecule has 0 spiro atoms. The Morgan fingerprint density at radius 1 is 1.11 bits per heavy atom. The number of nitrogens with two attached hydrogens (primary N) is 1. The fourth-order valence-corrected chi connectivity index (χ4v) is 3.22. The van der Waals surface area contributed by atoms with E-state index in [1.165, 1.54) is 0 Å². The quantitative estimate of drug-likeness (QED) is 0.188. The summed E-state index contributed by atoms with van der Waals surface area (Å²) in [6.07, 6.45) is 0. The molecule has 28 heavy (non-hydrogen) atoms. The lowest BCUT2D eigenvalue weighted by molar-refractivity contribution is -0.0450. The Hall–Kier alpha value is -3.08. The summed E-state index contributed by atoms with van der Waals surface area (Å²) in [7, 11) is 0. The van der Waals surface area contributed by atoms with Crippen LogP contribution in [0.4, 0.5) is 21.9 Å². The van der Waals surface area contributed by atoms with Crippen LogP contribution in [-0.4, -0.2) is 27.2 Å². The van der Waals surface area contributed by atoms with Gasteiger partial charge in [0.05, 0.1) is 17.1 Å². The molecule has 0 unspecified atom stereocenters. The zero-order valence-electron chi connectivity index (χ0n) is 14.5. The molecule has 0 fully saturated rings. The summed E-state index contributed by atoms with van der Waals surface area (Å²) in [5.41, 5.74) is 7.36. The first kappa shape index (κ1) is 19.7. The minimum absolute atomic E-state index is 0.165. The number of hydroxylamine groups is 2. The van der Waals surface area contributed by atoms with E-state index >= 15 is 0 Å². The van der Waals surface area contributed by atoms with E-state index in [-0.39, 0.29) is 12.2 Å². The van der Waals surface area contributed by atoms with Crippen LogP contribution in [0.1, 0.15) is 15.5 Å². The Morgan fingerprint density at radius 3 is 2.50 bits per heavy atom. The summed E-state index contributed by atoms with van der Waals surface area (Å²) >= 11 is 5.38. The summed E-state index contributed by atoms with van der Waals surface area (Å²) in [5.74, 6) is -0.432. The number of hydrogen-bond donors (Lipinski definition) is 5. The number of benzene rings is 2. The lowest BCUT2D eigenvalue weighted by Gasteiger charge is -2.15. The van der Waals surface area contributed by atoms with E-state index in [9.17, 15) is 14.8 Å². The molecule has 144 valence electrons. The molecule has 0 radical (unpaired) electrons. The normalized spacial score (nSPS) is 10.4. The molecule has 3 amide bonds. The van der Waals surface area contributed by atoms with Crippen molar-refractivity contribution in [2.75, 3.05) is 16.4 Å². The number of rotatable bonds is 5. The number of nitrogens with zero attached hydrogens (tertiary/aromatic N) is 2. The third-order valence-corrected chi connectivity index (χ3v) is 4.88. The molecule has 0 atom stereocenters. The molecule has 1 aromatic heterocycles. The first-order chi connectivity index (χ1) is 13.4. The van der Waals surface area contributed by atoms with Gasteiger partial charge in [0.25, 0.3) is 5.91 Å². The van der Waals surface area contributed by atoms with Gasteiger partial charge in [0.15, 0.2) is 0 Å². The van der Waals surface area contributed by atoms with Crippen LogP contribution >= 0.6 is 24.0 Å². The minimum atomic E-state index is -0.736. The molecule has 2 aromatic carbocycles. The van der Waals surface area contributed by atoms with E-state index in [4.69, 9.17) is 5.73 Å². The fourth-order valence-electron chi connectivity index (χ4n) is 2.24. The highest BCUT2D eigenvalue weighted by atomic mass is 32.1. The number of amides is 3. The summed E-state index contributed by atoms with van der Waals surface area (Å²) in [6.45, 7) is -0.175. The van der Waals surface area contributed by atoms with E-state index < -0.39 is 11.9 Å². The molecule has 3 aromatic rings. The number of hydrogen-bond acceptors (Lipinski definition) is 7. The van der Waals surface area contributed by atoms with E-state index in [1.807, 2.05) is 0 Å². The largest absolute Gasteiger partial charge is 0.397 e. The van der Waals surface area contributed by atoms with Gasteiger partial charge < -0.3 is 16.4 Å². The molecule has 0 saturated heterocycles. The third-order valence-electron chi connectivity index (χ3n) is 3.66.